The van der Waals surface area contributed by atoms with Gasteiger partial charge in [-0.05, 0) is 25.0 Å². The predicted molar refractivity (Wildman–Crippen MR) is 99.0 cm³/mol. The van der Waals surface area contributed by atoms with Crippen molar-refractivity contribution in [1.29, 1.82) is 0 Å². The van der Waals surface area contributed by atoms with Crippen molar-refractivity contribution in [2.75, 3.05) is 27.3 Å². The quantitative estimate of drug-likeness (QED) is 0.688. The van der Waals surface area contributed by atoms with Gasteiger partial charge in [0.15, 0.2) is 0 Å². The standard InChI is InChI=1S/C17H21F3N4O5S/c1-22-15(17(18,19)20)21-24(16(22)25)11-6-8-23(9-7-11)30(26,27)14-10-12(28-2)4-5-13(14)29-3/h4-5,10-11H,6-9H2,1-3H3. The number of hydrogen-bond acceptors (Lipinski definition) is 6. The molecule has 13 heteroatoms. The number of methoxy groups -OCH3 is 2. The van der Waals surface area contributed by atoms with Crippen LogP contribution in [0, 0.1) is 0 Å². The van der Waals surface area contributed by atoms with Crippen molar-refractivity contribution in [2.24, 2.45) is 7.05 Å². The van der Waals surface area contributed by atoms with Gasteiger partial charge in [-0.2, -0.15) is 17.5 Å². The summed E-state index contributed by atoms with van der Waals surface area (Å²) in [5.41, 5.74) is -0.891. The minimum absolute atomic E-state index is 0.0116. The van der Waals surface area contributed by atoms with Gasteiger partial charge in [0.1, 0.15) is 16.4 Å². The molecule has 2 aromatic rings. The van der Waals surface area contributed by atoms with Crippen LogP contribution in [0.25, 0.3) is 0 Å². The van der Waals surface area contributed by atoms with Crippen molar-refractivity contribution in [2.45, 2.75) is 30.0 Å². The molecule has 9 nitrogen and oxygen atoms in total. The Hall–Kier alpha value is -2.54. The molecule has 0 radical (unpaired) electrons. The molecule has 0 saturated carbocycles. The van der Waals surface area contributed by atoms with Crippen molar-refractivity contribution in [3.8, 4) is 11.5 Å². The van der Waals surface area contributed by atoms with Crippen molar-refractivity contribution in [3.05, 3.63) is 34.5 Å². The van der Waals surface area contributed by atoms with Crippen LogP contribution in [0.3, 0.4) is 0 Å². The van der Waals surface area contributed by atoms with E-state index < -0.39 is 33.8 Å². The summed E-state index contributed by atoms with van der Waals surface area (Å²) in [6.45, 7) is 0.0233. The second-order valence-electron chi connectivity index (χ2n) is 6.76. The zero-order valence-corrected chi connectivity index (χ0v) is 17.3. The fraction of sp³-hybridized carbons (Fsp3) is 0.529. The maximum absolute atomic E-state index is 13.1. The zero-order valence-electron chi connectivity index (χ0n) is 16.5. The van der Waals surface area contributed by atoms with Crippen LogP contribution in [0.1, 0.15) is 24.7 Å². The summed E-state index contributed by atoms with van der Waals surface area (Å²) in [7, 11) is -0.188. The lowest BCUT2D eigenvalue weighted by atomic mass is 10.1. The van der Waals surface area contributed by atoms with Crippen LogP contribution in [0.2, 0.25) is 0 Å². The Morgan fingerprint density at radius 1 is 1.13 bits per heavy atom. The smallest absolute Gasteiger partial charge is 0.451 e. The SMILES string of the molecule is COc1ccc(OC)c(S(=O)(=O)N2CCC(n3nc(C(F)(F)F)n(C)c3=O)CC2)c1. The van der Waals surface area contributed by atoms with Crippen LogP contribution in [0.5, 0.6) is 11.5 Å². The molecule has 0 N–H and O–H groups in total. The Labute approximate surface area is 170 Å². The number of ether oxygens (including phenoxy) is 2. The van der Waals surface area contributed by atoms with Gasteiger partial charge in [-0.3, -0.25) is 4.57 Å². The van der Waals surface area contributed by atoms with E-state index in [2.05, 4.69) is 5.10 Å². The first kappa shape index (κ1) is 22.2. The van der Waals surface area contributed by atoms with Crippen LogP contribution in [-0.4, -0.2) is 54.4 Å². The third kappa shape index (κ3) is 3.90. The van der Waals surface area contributed by atoms with Crippen LogP contribution in [0.15, 0.2) is 27.9 Å². The number of piperidine rings is 1. The van der Waals surface area contributed by atoms with Crippen molar-refractivity contribution in [3.63, 3.8) is 0 Å². The fourth-order valence-electron chi connectivity index (χ4n) is 3.39. The Bertz CT molecular complexity index is 1090. The molecule has 3 rings (SSSR count). The third-order valence-corrected chi connectivity index (χ3v) is 6.93. The lowest BCUT2D eigenvalue weighted by Gasteiger charge is -2.31. The maximum atomic E-state index is 13.1. The molecule has 166 valence electrons. The van der Waals surface area contributed by atoms with Gasteiger partial charge in [-0.15, -0.1) is 5.10 Å². The van der Waals surface area contributed by atoms with Gasteiger partial charge in [0.25, 0.3) is 0 Å². The first-order chi connectivity index (χ1) is 14.0. The lowest BCUT2D eigenvalue weighted by molar-refractivity contribution is -0.147. The van der Waals surface area contributed by atoms with Crippen LogP contribution < -0.4 is 15.2 Å². The first-order valence-corrected chi connectivity index (χ1v) is 10.4. The monoisotopic (exact) mass is 450 g/mol. The fourth-order valence-corrected chi connectivity index (χ4v) is 5.03. The summed E-state index contributed by atoms with van der Waals surface area (Å²) < 4.78 is 77.9. The number of halogens is 3. The normalized spacial score (nSPS) is 16.6. The van der Waals surface area contributed by atoms with Gasteiger partial charge >= 0.3 is 11.9 Å². The van der Waals surface area contributed by atoms with E-state index in [1.807, 2.05) is 0 Å². The van der Waals surface area contributed by atoms with Crippen molar-refractivity contribution in [1.82, 2.24) is 18.7 Å². The maximum Gasteiger partial charge on any atom is 0.451 e. The number of aromatic nitrogens is 3. The molecule has 0 unspecified atom stereocenters. The average molecular weight is 450 g/mol. The highest BCUT2D eigenvalue weighted by molar-refractivity contribution is 7.89. The largest absolute Gasteiger partial charge is 0.497 e. The molecule has 0 aliphatic carbocycles. The van der Waals surface area contributed by atoms with Gasteiger partial charge in [-0.1, -0.05) is 0 Å². The van der Waals surface area contributed by atoms with E-state index in [1.165, 1.54) is 30.7 Å². The third-order valence-electron chi connectivity index (χ3n) is 5.01. The Balaban J connectivity index is 1.83. The predicted octanol–water partition coefficient (Wildman–Crippen LogP) is 1.64. The Kier molecular flexibility index (Phi) is 5.87. The summed E-state index contributed by atoms with van der Waals surface area (Å²) >= 11 is 0. The molecule has 1 aliphatic rings. The minimum Gasteiger partial charge on any atom is -0.497 e. The number of sulfonamides is 1. The average Bonchev–Trinajstić information content (AvgIpc) is 3.02. The molecule has 0 bridgehead atoms. The Morgan fingerprint density at radius 3 is 2.27 bits per heavy atom. The summed E-state index contributed by atoms with van der Waals surface area (Å²) in [4.78, 5) is 12.1. The van der Waals surface area contributed by atoms with E-state index in [-0.39, 0.29) is 36.6 Å². The highest BCUT2D eigenvalue weighted by Gasteiger charge is 2.40. The second-order valence-corrected chi connectivity index (χ2v) is 8.67. The summed E-state index contributed by atoms with van der Waals surface area (Å²) in [6.07, 6.45) is -4.48. The number of benzene rings is 1. The molecule has 1 aromatic heterocycles. The molecule has 0 amide bonds. The molecule has 2 heterocycles. The van der Waals surface area contributed by atoms with Crippen LogP contribution >= 0.6 is 0 Å². The zero-order chi connectivity index (χ0) is 22.3. The number of nitrogens with zero attached hydrogens (tertiary/aromatic N) is 4. The molecular formula is C17H21F3N4O5S. The molecule has 0 atom stereocenters. The van der Waals surface area contributed by atoms with Crippen LogP contribution in [0.4, 0.5) is 13.2 Å². The lowest BCUT2D eigenvalue weighted by Crippen LogP contribution is -2.41. The molecule has 1 aromatic carbocycles. The summed E-state index contributed by atoms with van der Waals surface area (Å²) in [6, 6.07) is 3.75. The number of hydrogen-bond donors (Lipinski definition) is 0. The van der Waals surface area contributed by atoms with E-state index in [9.17, 15) is 26.4 Å². The second kappa shape index (κ2) is 7.95. The molecule has 1 fully saturated rings. The Morgan fingerprint density at radius 2 is 1.77 bits per heavy atom. The van der Waals surface area contributed by atoms with E-state index in [0.717, 1.165) is 11.7 Å². The van der Waals surface area contributed by atoms with Gasteiger partial charge in [0.2, 0.25) is 15.8 Å². The number of alkyl halides is 3. The van der Waals surface area contributed by atoms with Gasteiger partial charge < -0.3 is 9.47 Å². The minimum atomic E-state index is -4.76. The molecular weight excluding hydrogens is 429 g/mol. The number of rotatable bonds is 5. The van der Waals surface area contributed by atoms with Gasteiger partial charge in [0.05, 0.1) is 20.3 Å². The van der Waals surface area contributed by atoms with E-state index >= 15 is 0 Å². The van der Waals surface area contributed by atoms with Gasteiger partial charge in [-0.25, -0.2) is 17.9 Å². The molecule has 1 saturated heterocycles. The van der Waals surface area contributed by atoms with E-state index in [1.54, 1.807) is 6.07 Å². The molecule has 30 heavy (non-hydrogen) atoms. The van der Waals surface area contributed by atoms with Crippen molar-refractivity contribution >= 4 is 10.0 Å². The summed E-state index contributed by atoms with van der Waals surface area (Å²) in [5, 5.41) is 3.44. The summed E-state index contributed by atoms with van der Waals surface area (Å²) in [5.74, 6) is -0.804. The topological polar surface area (TPSA) is 95.7 Å². The highest BCUT2D eigenvalue weighted by Crippen LogP contribution is 2.33. The molecule has 0 spiro atoms. The van der Waals surface area contributed by atoms with E-state index in [4.69, 9.17) is 9.47 Å². The van der Waals surface area contributed by atoms with Gasteiger partial charge in [0, 0.05) is 26.2 Å². The van der Waals surface area contributed by atoms with Crippen molar-refractivity contribution < 1.29 is 31.1 Å². The van der Waals surface area contributed by atoms with Crippen LogP contribution in [-0.2, 0) is 23.2 Å². The molecule has 1 aliphatic heterocycles. The van der Waals surface area contributed by atoms with E-state index in [0.29, 0.717) is 10.3 Å². The first-order valence-electron chi connectivity index (χ1n) is 8.95. The highest BCUT2D eigenvalue weighted by atomic mass is 32.2.